The summed E-state index contributed by atoms with van der Waals surface area (Å²) in [5.74, 6) is 0.673. The molecule has 2 aromatic rings. The van der Waals surface area contributed by atoms with E-state index in [1.54, 1.807) is 31.2 Å². The second kappa shape index (κ2) is 7.40. The van der Waals surface area contributed by atoms with Crippen LogP contribution in [0.15, 0.2) is 53.4 Å². The predicted molar refractivity (Wildman–Crippen MR) is 98.1 cm³/mol. The number of sulfone groups is 1. The van der Waals surface area contributed by atoms with Gasteiger partial charge in [0, 0.05) is 6.54 Å². The summed E-state index contributed by atoms with van der Waals surface area (Å²) in [6.45, 7) is 2.10. The Hall–Kier alpha value is -2.14. The Morgan fingerprint density at radius 1 is 1.08 bits per heavy atom. The SMILES string of the molecule is CCS(=O)(=O)c1cccc(CC(=O)NCc2ccc(C3CC3)cc2)c1. The Bertz CT molecular complexity index is 853. The molecule has 0 heterocycles. The quantitative estimate of drug-likeness (QED) is 0.827. The molecule has 4 nitrogen and oxygen atoms in total. The molecule has 1 aliphatic rings. The van der Waals surface area contributed by atoms with Crippen LogP contribution in [0.25, 0.3) is 0 Å². The minimum atomic E-state index is -3.25. The molecule has 0 aliphatic heterocycles. The van der Waals surface area contributed by atoms with E-state index >= 15 is 0 Å². The second-order valence-corrected chi connectivity index (χ2v) is 8.80. The topological polar surface area (TPSA) is 63.2 Å². The molecular formula is C20H23NO3S. The van der Waals surface area contributed by atoms with E-state index in [0.29, 0.717) is 12.1 Å². The number of amides is 1. The van der Waals surface area contributed by atoms with Crippen LogP contribution in [0.1, 0.15) is 42.4 Å². The van der Waals surface area contributed by atoms with Crippen molar-refractivity contribution in [3.63, 3.8) is 0 Å². The molecule has 0 bridgehead atoms. The Labute approximate surface area is 149 Å². The first-order chi connectivity index (χ1) is 12.0. The van der Waals surface area contributed by atoms with Crippen LogP contribution in [-0.2, 0) is 27.6 Å². The van der Waals surface area contributed by atoms with Crippen molar-refractivity contribution >= 4 is 15.7 Å². The molecule has 1 amide bonds. The number of hydrogen-bond acceptors (Lipinski definition) is 3. The van der Waals surface area contributed by atoms with Gasteiger partial charge in [0.25, 0.3) is 0 Å². The van der Waals surface area contributed by atoms with Gasteiger partial charge in [-0.15, -0.1) is 0 Å². The van der Waals surface area contributed by atoms with E-state index in [4.69, 9.17) is 0 Å². The molecule has 1 aliphatic carbocycles. The number of nitrogens with one attached hydrogen (secondary N) is 1. The van der Waals surface area contributed by atoms with Crippen molar-refractivity contribution in [3.05, 3.63) is 65.2 Å². The van der Waals surface area contributed by atoms with Gasteiger partial charge in [-0.1, -0.05) is 43.3 Å². The van der Waals surface area contributed by atoms with Gasteiger partial charge in [0.15, 0.2) is 9.84 Å². The molecule has 1 N–H and O–H groups in total. The van der Waals surface area contributed by atoms with Crippen LogP contribution in [0.4, 0.5) is 0 Å². The minimum absolute atomic E-state index is 0.0551. The normalized spacial score (nSPS) is 14.3. The zero-order valence-electron chi connectivity index (χ0n) is 14.4. The zero-order valence-corrected chi connectivity index (χ0v) is 15.2. The summed E-state index contributed by atoms with van der Waals surface area (Å²) in [6, 6.07) is 15.0. The van der Waals surface area contributed by atoms with Crippen molar-refractivity contribution in [2.75, 3.05) is 5.75 Å². The van der Waals surface area contributed by atoms with Crippen LogP contribution < -0.4 is 5.32 Å². The number of hydrogen-bond donors (Lipinski definition) is 1. The largest absolute Gasteiger partial charge is 0.352 e. The third kappa shape index (κ3) is 4.69. The first kappa shape index (κ1) is 17.7. The fourth-order valence-electron chi connectivity index (χ4n) is 2.79. The summed E-state index contributed by atoms with van der Waals surface area (Å²) >= 11 is 0. The monoisotopic (exact) mass is 357 g/mol. The third-order valence-electron chi connectivity index (χ3n) is 4.52. The molecule has 1 fully saturated rings. The highest BCUT2D eigenvalue weighted by atomic mass is 32.2. The molecule has 25 heavy (non-hydrogen) atoms. The highest BCUT2D eigenvalue weighted by Gasteiger charge is 2.22. The number of carbonyl (C=O) groups is 1. The van der Waals surface area contributed by atoms with Gasteiger partial charge in [0.05, 0.1) is 17.1 Å². The van der Waals surface area contributed by atoms with E-state index in [2.05, 4.69) is 29.6 Å². The number of rotatable bonds is 7. The van der Waals surface area contributed by atoms with Crippen molar-refractivity contribution in [2.45, 2.75) is 43.5 Å². The lowest BCUT2D eigenvalue weighted by atomic mass is 10.1. The minimum Gasteiger partial charge on any atom is -0.352 e. The Morgan fingerprint density at radius 2 is 1.80 bits per heavy atom. The average Bonchev–Trinajstić information content (AvgIpc) is 3.46. The van der Waals surface area contributed by atoms with E-state index in [1.165, 1.54) is 18.4 Å². The summed E-state index contributed by atoms with van der Waals surface area (Å²) in [5, 5.41) is 2.90. The van der Waals surface area contributed by atoms with E-state index in [-0.39, 0.29) is 23.0 Å². The van der Waals surface area contributed by atoms with Crippen LogP contribution in [0.2, 0.25) is 0 Å². The van der Waals surface area contributed by atoms with Crippen LogP contribution in [0, 0.1) is 0 Å². The lowest BCUT2D eigenvalue weighted by molar-refractivity contribution is -0.120. The Balaban J connectivity index is 1.56. The average molecular weight is 357 g/mol. The highest BCUT2D eigenvalue weighted by molar-refractivity contribution is 7.91. The van der Waals surface area contributed by atoms with Gasteiger partial charge in [-0.2, -0.15) is 0 Å². The molecule has 0 radical (unpaired) electrons. The lowest BCUT2D eigenvalue weighted by Crippen LogP contribution is -2.24. The molecular weight excluding hydrogens is 334 g/mol. The molecule has 0 spiro atoms. The molecule has 1 saturated carbocycles. The summed E-state index contributed by atoms with van der Waals surface area (Å²) in [4.78, 5) is 12.4. The smallest absolute Gasteiger partial charge is 0.224 e. The zero-order chi connectivity index (χ0) is 17.9. The van der Waals surface area contributed by atoms with Gasteiger partial charge in [0.2, 0.25) is 5.91 Å². The molecule has 2 aromatic carbocycles. The number of carbonyl (C=O) groups excluding carboxylic acids is 1. The fourth-order valence-corrected chi connectivity index (χ4v) is 3.74. The van der Waals surface area contributed by atoms with E-state index in [9.17, 15) is 13.2 Å². The molecule has 0 unspecified atom stereocenters. The van der Waals surface area contributed by atoms with Crippen molar-refractivity contribution in [1.82, 2.24) is 5.32 Å². The van der Waals surface area contributed by atoms with E-state index in [0.717, 1.165) is 11.5 Å². The molecule has 5 heteroatoms. The molecule has 132 valence electrons. The van der Waals surface area contributed by atoms with Gasteiger partial charge in [-0.05, 0) is 47.6 Å². The van der Waals surface area contributed by atoms with Crippen molar-refractivity contribution < 1.29 is 13.2 Å². The summed E-state index contributed by atoms with van der Waals surface area (Å²) in [7, 11) is -3.25. The first-order valence-corrected chi connectivity index (χ1v) is 10.3. The van der Waals surface area contributed by atoms with Gasteiger partial charge in [-0.25, -0.2) is 8.42 Å². The van der Waals surface area contributed by atoms with E-state index in [1.807, 2.05) is 0 Å². The van der Waals surface area contributed by atoms with Crippen LogP contribution in [0.5, 0.6) is 0 Å². The maximum absolute atomic E-state index is 12.1. The maximum atomic E-state index is 12.1. The van der Waals surface area contributed by atoms with Gasteiger partial charge in [0.1, 0.15) is 0 Å². The standard InChI is InChI=1S/C20H23NO3S/c1-2-25(23,24)19-5-3-4-16(12-19)13-20(22)21-14-15-6-8-17(9-7-15)18-10-11-18/h3-9,12,18H,2,10-11,13-14H2,1H3,(H,21,22). The number of benzene rings is 2. The Kier molecular flexibility index (Phi) is 5.23. The van der Waals surface area contributed by atoms with Crippen molar-refractivity contribution in [1.29, 1.82) is 0 Å². The maximum Gasteiger partial charge on any atom is 0.224 e. The van der Waals surface area contributed by atoms with Crippen LogP contribution >= 0.6 is 0 Å². The summed E-state index contributed by atoms with van der Waals surface area (Å²) < 4.78 is 23.9. The molecule has 0 saturated heterocycles. The van der Waals surface area contributed by atoms with Gasteiger partial charge in [-0.3, -0.25) is 4.79 Å². The Morgan fingerprint density at radius 3 is 2.44 bits per heavy atom. The van der Waals surface area contributed by atoms with Gasteiger partial charge >= 0.3 is 0 Å². The van der Waals surface area contributed by atoms with Crippen LogP contribution in [-0.4, -0.2) is 20.1 Å². The fraction of sp³-hybridized carbons (Fsp3) is 0.350. The van der Waals surface area contributed by atoms with Crippen molar-refractivity contribution in [3.8, 4) is 0 Å². The third-order valence-corrected chi connectivity index (χ3v) is 6.25. The first-order valence-electron chi connectivity index (χ1n) is 8.65. The summed E-state index contributed by atoms with van der Waals surface area (Å²) in [5.41, 5.74) is 3.15. The molecule has 0 atom stereocenters. The predicted octanol–water partition coefficient (Wildman–Crippen LogP) is 3.22. The second-order valence-electron chi connectivity index (χ2n) is 6.52. The van der Waals surface area contributed by atoms with Gasteiger partial charge < -0.3 is 5.32 Å². The van der Waals surface area contributed by atoms with Crippen molar-refractivity contribution in [2.24, 2.45) is 0 Å². The summed E-state index contributed by atoms with van der Waals surface area (Å²) in [6.07, 6.45) is 2.74. The van der Waals surface area contributed by atoms with E-state index < -0.39 is 9.84 Å². The highest BCUT2D eigenvalue weighted by Crippen LogP contribution is 2.39. The van der Waals surface area contributed by atoms with Crippen LogP contribution in [0.3, 0.4) is 0 Å². The molecule has 3 rings (SSSR count). The lowest BCUT2D eigenvalue weighted by Gasteiger charge is -2.08. The molecule has 0 aromatic heterocycles.